The number of aromatic nitrogens is 2. The average molecular weight is 529 g/mol. The van der Waals surface area contributed by atoms with Gasteiger partial charge in [0.1, 0.15) is 11.3 Å². The lowest BCUT2D eigenvalue weighted by molar-refractivity contribution is 0.534. The minimum atomic E-state index is 0. The molecule has 0 unspecified atom stereocenters. The molecule has 0 spiro atoms. The first-order chi connectivity index (χ1) is 14.7. The third kappa shape index (κ3) is 5.88. The summed E-state index contributed by atoms with van der Waals surface area (Å²) < 4.78 is 8.06. The van der Waals surface area contributed by atoms with Crippen LogP contribution < -0.4 is 10.6 Å². The first-order valence-electron chi connectivity index (χ1n) is 10.3. The molecule has 31 heavy (non-hydrogen) atoms. The second kappa shape index (κ2) is 11.0. The Balaban J connectivity index is 0.00000272. The fraction of sp³-hybridized carbons (Fsp3) is 0.250. The molecule has 2 heterocycles. The fourth-order valence-electron chi connectivity index (χ4n) is 3.49. The number of halogens is 1. The van der Waals surface area contributed by atoms with Gasteiger partial charge in [-0.1, -0.05) is 42.5 Å². The van der Waals surface area contributed by atoms with Crippen LogP contribution >= 0.6 is 24.0 Å². The van der Waals surface area contributed by atoms with Crippen molar-refractivity contribution >= 4 is 40.9 Å². The Labute approximate surface area is 199 Å². The Morgan fingerprint density at radius 3 is 2.71 bits per heavy atom. The second-order valence-corrected chi connectivity index (χ2v) is 7.25. The average Bonchev–Trinajstić information content (AvgIpc) is 3.38. The Kier molecular flexibility index (Phi) is 8.11. The van der Waals surface area contributed by atoms with Crippen LogP contribution in [0.3, 0.4) is 0 Å². The predicted molar refractivity (Wildman–Crippen MR) is 136 cm³/mol. The smallest absolute Gasteiger partial charge is 0.191 e. The molecule has 0 aliphatic carbocycles. The second-order valence-electron chi connectivity index (χ2n) is 7.25. The summed E-state index contributed by atoms with van der Waals surface area (Å²) >= 11 is 0. The van der Waals surface area contributed by atoms with Gasteiger partial charge in [0.2, 0.25) is 0 Å². The van der Waals surface area contributed by atoms with Gasteiger partial charge in [0.15, 0.2) is 5.96 Å². The van der Waals surface area contributed by atoms with E-state index >= 15 is 0 Å². The lowest BCUT2D eigenvalue weighted by Crippen LogP contribution is -2.36. The summed E-state index contributed by atoms with van der Waals surface area (Å²) in [6.45, 7) is 6.96. The molecular weight excluding hydrogens is 501 g/mol. The number of para-hydroxylation sites is 1. The van der Waals surface area contributed by atoms with Crippen molar-refractivity contribution in [3.05, 3.63) is 89.7 Å². The highest BCUT2D eigenvalue weighted by Gasteiger charge is 2.10. The Morgan fingerprint density at radius 1 is 1.10 bits per heavy atom. The van der Waals surface area contributed by atoms with E-state index in [1.165, 1.54) is 16.7 Å². The lowest BCUT2D eigenvalue weighted by atomic mass is 10.1. The number of nitrogens with zero attached hydrogens (tertiary/aromatic N) is 3. The van der Waals surface area contributed by atoms with Crippen LogP contribution in [0.15, 0.2) is 76.7 Å². The van der Waals surface area contributed by atoms with Gasteiger partial charge in [-0.3, -0.25) is 0 Å². The first-order valence-corrected chi connectivity index (χ1v) is 10.3. The number of imidazole rings is 1. The van der Waals surface area contributed by atoms with E-state index in [0.29, 0.717) is 13.1 Å². The van der Waals surface area contributed by atoms with E-state index in [0.717, 1.165) is 35.8 Å². The number of nitrogens with one attached hydrogen (secondary N) is 2. The normalized spacial score (nSPS) is 11.4. The summed E-state index contributed by atoms with van der Waals surface area (Å²) in [5.41, 5.74) is 4.49. The zero-order valence-electron chi connectivity index (χ0n) is 17.8. The van der Waals surface area contributed by atoms with Crippen LogP contribution in [0, 0.1) is 6.92 Å². The third-order valence-corrected chi connectivity index (χ3v) is 5.04. The number of fused-ring (bicyclic) bond motifs is 1. The van der Waals surface area contributed by atoms with Crippen LogP contribution in [0.1, 0.15) is 29.4 Å². The van der Waals surface area contributed by atoms with E-state index in [1.54, 1.807) is 6.20 Å². The van der Waals surface area contributed by atoms with Crippen LogP contribution in [-0.4, -0.2) is 22.1 Å². The molecule has 0 atom stereocenters. The molecule has 0 saturated carbocycles. The number of furan rings is 1. The zero-order chi connectivity index (χ0) is 20.8. The van der Waals surface area contributed by atoms with Crippen LogP contribution in [0.25, 0.3) is 11.0 Å². The van der Waals surface area contributed by atoms with Crippen molar-refractivity contribution < 1.29 is 4.42 Å². The molecule has 2 aromatic carbocycles. The summed E-state index contributed by atoms with van der Waals surface area (Å²) in [6, 6.07) is 16.6. The van der Waals surface area contributed by atoms with Crippen molar-refractivity contribution in [2.75, 3.05) is 6.54 Å². The highest BCUT2D eigenvalue weighted by molar-refractivity contribution is 14.0. The van der Waals surface area contributed by atoms with Gasteiger partial charge in [0, 0.05) is 36.4 Å². The minimum absolute atomic E-state index is 0. The van der Waals surface area contributed by atoms with Gasteiger partial charge >= 0.3 is 0 Å². The lowest BCUT2D eigenvalue weighted by Gasteiger charge is -2.11. The van der Waals surface area contributed by atoms with E-state index < -0.39 is 0 Å². The molecule has 4 aromatic rings. The van der Waals surface area contributed by atoms with Crippen LogP contribution in [-0.2, 0) is 19.6 Å². The van der Waals surface area contributed by atoms with Gasteiger partial charge in [-0.25, -0.2) is 9.98 Å². The maximum absolute atomic E-state index is 6.00. The topological polar surface area (TPSA) is 67.4 Å². The molecule has 0 aliphatic heterocycles. The number of guanidine groups is 1. The zero-order valence-corrected chi connectivity index (χ0v) is 20.2. The van der Waals surface area contributed by atoms with Gasteiger partial charge in [-0.2, -0.15) is 0 Å². The first kappa shape index (κ1) is 22.9. The number of aliphatic imine (C=N–C) groups is 1. The van der Waals surface area contributed by atoms with Crippen molar-refractivity contribution in [3.8, 4) is 0 Å². The van der Waals surface area contributed by atoms with Crippen LogP contribution in [0.5, 0.6) is 0 Å². The Hall–Kier alpha value is -2.81. The standard InChI is InChI=1S/C24H27N5O.HI/c1-3-26-24(28-15-23-18(2)21-9-4-5-10-22(21)30-23)27-14-19-7-6-8-20(13-19)16-29-12-11-25-17-29;/h4-13,17H,3,14-16H2,1-2H3,(H2,26,27,28);1H. The molecule has 2 N–H and O–H groups in total. The Bertz CT molecular complexity index is 1130. The highest BCUT2D eigenvalue weighted by atomic mass is 127. The number of hydrogen-bond acceptors (Lipinski definition) is 3. The van der Waals surface area contributed by atoms with Crippen molar-refractivity contribution in [1.82, 2.24) is 20.2 Å². The van der Waals surface area contributed by atoms with E-state index in [2.05, 4.69) is 64.4 Å². The Morgan fingerprint density at radius 2 is 1.94 bits per heavy atom. The number of hydrogen-bond donors (Lipinski definition) is 2. The third-order valence-electron chi connectivity index (χ3n) is 5.04. The number of aryl methyl sites for hydroxylation is 1. The summed E-state index contributed by atoms with van der Waals surface area (Å²) in [5, 5.41) is 7.86. The van der Waals surface area contributed by atoms with E-state index in [9.17, 15) is 0 Å². The summed E-state index contributed by atoms with van der Waals surface area (Å²) in [7, 11) is 0. The number of rotatable bonds is 7. The molecule has 4 rings (SSSR count). The molecule has 0 fully saturated rings. The minimum Gasteiger partial charge on any atom is -0.459 e. The van der Waals surface area contributed by atoms with E-state index in [4.69, 9.17) is 9.41 Å². The quantitative estimate of drug-likeness (QED) is 0.204. The van der Waals surface area contributed by atoms with Gasteiger partial charge in [0.25, 0.3) is 0 Å². The van der Waals surface area contributed by atoms with Crippen molar-refractivity contribution in [3.63, 3.8) is 0 Å². The van der Waals surface area contributed by atoms with Gasteiger partial charge in [-0.05, 0) is 31.0 Å². The predicted octanol–water partition coefficient (Wildman–Crippen LogP) is 4.86. The summed E-state index contributed by atoms with van der Waals surface area (Å²) in [4.78, 5) is 8.86. The van der Waals surface area contributed by atoms with Crippen LogP contribution in [0.4, 0.5) is 0 Å². The monoisotopic (exact) mass is 529 g/mol. The van der Waals surface area contributed by atoms with Crippen LogP contribution in [0.2, 0.25) is 0 Å². The molecular formula is C24H28IN5O. The molecule has 0 aliphatic rings. The molecule has 0 amide bonds. The maximum Gasteiger partial charge on any atom is 0.191 e. The molecule has 0 radical (unpaired) electrons. The molecule has 6 nitrogen and oxygen atoms in total. The highest BCUT2D eigenvalue weighted by Crippen LogP contribution is 2.24. The van der Waals surface area contributed by atoms with Crippen molar-refractivity contribution in [1.29, 1.82) is 0 Å². The van der Waals surface area contributed by atoms with Gasteiger partial charge < -0.3 is 19.6 Å². The fourth-order valence-corrected chi connectivity index (χ4v) is 3.49. The summed E-state index contributed by atoms with van der Waals surface area (Å²) in [6.07, 6.45) is 5.60. The molecule has 162 valence electrons. The summed E-state index contributed by atoms with van der Waals surface area (Å²) in [5.74, 6) is 1.71. The van der Waals surface area contributed by atoms with E-state index in [1.807, 2.05) is 30.7 Å². The molecule has 7 heteroatoms. The maximum atomic E-state index is 6.00. The van der Waals surface area contributed by atoms with Gasteiger partial charge in [-0.15, -0.1) is 24.0 Å². The molecule has 0 bridgehead atoms. The van der Waals surface area contributed by atoms with Crippen molar-refractivity contribution in [2.45, 2.75) is 33.5 Å². The van der Waals surface area contributed by atoms with Gasteiger partial charge in [0.05, 0.1) is 19.4 Å². The van der Waals surface area contributed by atoms with Crippen molar-refractivity contribution in [2.24, 2.45) is 4.99 Å². The SMILES string of the molecule is CCNC(=NCc1cccc(Cn2ccnc2)c1)NCc1oc2ccccc2c1C.I. The molecule has 2 aromatic heterocycles. The largest absolute Gasteiger partial charge is 0.459 e. The molecule has 0 saturated heterocycles. The number of benzene rings is 2. The van der Waals surface area contributed by atoms with E-state index in [-0.39, 0.29) is 24.0 Å².